The first-order valence-electron chi connectivity index (χ1n) is 10.5. The molecule has 0 aromatic heterocycles. The monoisotopic (exact) mass is 480 g/mol. The molecule has 2 aromatic rings. The highest BCUT2D eigenvalue weighted by molar-refractivity contribution is 5.90. The van der Waals surface area contributed by atoms with Gasteiger partial charge in [0.15, 0.2) is 0 Å². The lowest BCUT2D eigenvalue weighted by atomic mass is 9.85. The molecular formula is C23H23F3N2O6. The summed E-state index contributed by atoms with van der Waals surface area (Å²) >= 11 is 0. The fourth-order valence-electron chi connectivity index (χ4n) is 3.89. The summed E-state index contributed by atoms with van der Waals surface area (Å²) in [6.45, 7) is 0.142. The number of benzene rings is 2. The molecule has 11 heteroatoms. The van der Waals surface area contributed by atoms with Crippen LogP contribution in [0.15, 0.2) is 48.5 Å². The third-order valence-corrected chi connectivity index (χ3v) is 5.64. The molecule has 0 saturated heterocycles. The van der Waals surface area contributed by atoms with Crippen LogP contribution in [0.2, 0.25) is 0 Å². The minimum Gasteiger partial charge on any atom is -0.481 e. The van der Waals surface area contributed by atoms with Gasteiger partial charge in [-0.15, -0.1) is 13.2 Å². The van der Waals surface area contributed by atoms with Crippen molar-refractivity contribution in [3.63, 3.8) is 0 Å². The zero-order valence-corrected chi connectivity index (χ0v) is 17.9. The lowest BCUT2D eigenvalue weighted by molar-refractivity contribution is -0.274. The van der Waals surface area contributed by atoms with E-state index in [1.54, 1.807) is 12.1 Å². The maximum Gasteiger partial charge on any atom is 0.573 e. The molecule has 3 rings (SSSR count). The molecule has 0 bridgehead atoms. The fraction of sp³-hybridized carbons (Fsp3) is 0.348. The van der Waals surface area contributed by atoms with Crippen LogP contribution in [0.1, 0.15) is 41.6 Å². The molecular weight excluding hydrogens is 457 g/mol. The van der Waals surface area contributed by atoms with Gasteiger partial charge in [0.05, 0.1) is 11.5 Å². The van der Waals surface area contributed by atoms with Crippen LogP contribution >= 0.6 is 0 Å². The summed E-state index contributed by atoms with van der Waals surface area (Å²) in [7, 11) is 0. The van der Waals surface area contributed by atoms with E-state index >= 15 is 0 Å². The van der Waals surface area contributed by atoms with Gasteiger partial charge >= 0.3 is 24.3 Å². The second-order valence-corrected chi connectivity index (χ2v) is 7.98. The van der Waals surface area contributed by atoms with E-state index in [9.17, 15) is 32.7 Å². The highest BCUT2D eigenvalue weighted by Gasteiger charge is 2.32. The van der Waals surface area contributed by atoms with Crippen LogP contribution in [0.25, 0.3) is 0 Å². The molecule has 0 atom stereocenters. The van der Waals surface area contributed by atoms with Crippen LogP contribution < -0.4 is 10.1 Å². The molecule has 0 heterocycles. The number of halogens is 3. The number of alkyl halides is 3. The third kappa shape index (κ3) is 6.87. The first-order valence-corrected chi connectivity index (χ1v) is 10.5. The van der Waals surface area contributed by atoms with Gasteiger partial charge in [0.2, 0.25) is 0 Å². The van der Waals surface area contributed by atoms with Crippen molar-refractivity contribution in [1.29, 1.82) is 0 Å². The number of aliphatic carboxylic acids is 1. The Bertz CT molecular complexity index is 1020. The van der Waals surface area contributed by atoms with Crippen molar-refractivity contribution in [3.8, 4) is 5.75 Å². The second-order valence-electron chi connectivity index (χ2n) is 7.98. The van der Waals surface area contributed by atoms with Gasteiger partial charge in [-0.3, -0.25) is 4.79 Å². The predicted octanol–water partition coefficient (Wildman–Crippen LogP) is 4.96. The Hall–Kier alpha value is -3.76. The van der Waals surface area contributed by atoms with Crippen LogP contribution in [0.5, 0.6) is 5.75 Å². The molecule has 34 heavy (non-hydrogen) atoms. The van der Waals surface area contributed by atoms with Crippen molar-refractivity contribution in [3.05, 3.63) is 59.7 Å². The van der Waals surface area contributed by atoms with Crippen LogP contribution in [0.3, 0.4) is 0 Å². The molecule has 1 fully saturated rings. The molecule has 1 saturated carbocycles. The van der Waals surface area contributed by atoms with Crippen LogP contribution in [0.4, 0.5) is 23.7 Å². The molecule has 182 valence electrons. The number of carboxylic acid groups (broad SMARTS) is 2. The van der Waals surface area contributed by atoms with Gasteiger partial charge in [-0.2, -0.15) is 0 Å². The molecule has 2 aromatic carbocycles. The molecule has 1 aliphatic rings. The van der Waals surface area contributed by atoms with E-state index in [0.717, 1.165) is 12.1 Å². The van der Waals surface area contributed by atoms with Crippen LogP contribution in [0, 0.1) is 5.92 Å². The van der Waals surface area contributed by atoms with Crippen LogP contribution in [-0.4, -0.2) is 45.5 Å². The smallest absolute Gasteiger partial charge is 0.481 e. The molecule has 0 spiro atoms. The van der Waals surface area contributed by atoms with Gasteiger partial charge in [0.1, 0.15) is 5.75 Å². The van der Waals surface area contributed by atoms with Gasteiger partial charge in [0, 0.05) is 18.3 Å². The lowest BCUT2D eigenvalue weighted by Gasteiger charge is -2.36. The number of nitrogens with one attached hydrogen (secondary N) is 1. The number of hydrogen-bond acceptors (Lipinski definition) is 4. The summed E-state index contributed by atoms with van der Waals surface area (Å²) in [5, 5.41) is 21.0. The van der Waals surface area contributed by atoms with Gasteiger partial charge in [-0.05, 0) is 67.6 Å². The molecule has 0 radical (unpaired) electrons. The summed E-state index contributed by atoms with van der Waals surface area (Å²) < 4.78 is 40.9. The second kappa shape index (κ2) is 10.4. The molecule has 3 N–H and O–H groups in total. The molecule has 1 aliphatic carbocycles. The summed E-state index contributed by atoms with van der Waals surface area (Å²) in [5.74, 6) is -2.85. The van der Waals surface area contributed by atoms with Crippen molar-refractivity contribution in [2.45, 2.75) is 44.6 Å². The van der Waals surface area contributed by atoms with Gasteiger partial charge in [0.25, 0.3) is 0 Å². The van der Waals surface area contributed by atoms with Crippen molar-refractivity contribution >= 4 is 23.7 Å². The SMILES string of the molecule is O=C(O)c1ccc(CN(C(=O)Nc2ccc(OC(F)(F)F)cc2)C2CCC(C(=O)O)CC2)cc1. The predicted molar refractivity (Wildman–Crippen MR) is 114 cm³/mol. The number of carboxylic acids is 2. The zero-order valence-electron chi connectivity index (χ0n) is 17.9. The maximum atomic E-state index is 13.1. The first-order chi connectivity index (χ1) is 16.0. The number of carbonyl (C=O) groups is 3. The number of carbonyl (C=O) groups excluding carboxylic acids is 1. The number of rotatable bonds is 7. The van der Waals surface area contributed by atoms with Gasteiger partial charge in [-0.1, -0.05) is 12.1 Å². The average molecular weight is 480 g/mol. The highest BCUT2D eigenvalue weighted by atomic mass is 19.4. The average Bonchev–Trinajstić information content (AvgIpc) is 2.78. The van der Waals surface area contributed by atoms with Crippen LogP contribution in [-0.2, 0) is 11.3 Å². The number of urea groups is 1. The minimum absolute atomic E-state index is 0.0999. The third-order valence-electron chi connectivity index (χ3n) is 5.64. The number of aromatic carboxylic acids is 1. The number of nitrogens with zero attached hydrogens (tertiary/aromatic N) is 1. The number of anilines is 1. The summed E-state index contributed by atoms with van der Waals surface area (Å²) in [6, 6.07) is 9.98. The Labute approximate surface area is 192 Å². The van der Waals surface area contributed by atoms with E-state index in [-0.39, 0.29) is 23.8 Å². The van der Waals surface area contributed by atoms with E-state index in [1.807, 2.05) is 0 Å². The van der Waals surface area contributed by atoms with E-state index < -0.39 is 36.0 Å². The molecule has 2 amide bonds. The fourth-order valence-corrected chi connectivity index (χ4v) is 3.89. The minimum atomic E-state index is -4.83. The number of hydrogen-bond donors (Lipinski definition) is 3. The Morgan fingerprint density at radius 2 is 1.53 bits per heavy atom. The van der Waals surface area contributed by atoms with Crippen molar-refractivity contribution in [1.82, 2.24) is 4.90 Å². The quantitative estimate of drug-likeness (QED) is 0.516. The summed E-state index contributed by atoms with van der Waals surface area (Å²) in [6.07, 6.45) is -3.07. The maximum absolute atomic E-state index is 13.1. The van der Waals surface area contributed by atoms with Crippen molar-refractivity contribution in [2.75, 3.05) is 5.32 Å². The topological polar surface area (TPSA) is 116 Å². The lowest BCUT2D eigenvalue weighted by Crippen LogP contribution is -2.44. The van der Waals surface area contributed by atoms with Crippen molar-refractivity contribution in [2.24, 2.45) is 5.92 Å². The van der Waals surface area contributed by atoms with Crippen molar-refractivity contribution < 1.29 is 42.5 Å². The Balaban J connectivity index is 1.74. The summed E-state index contributed by atoms with van der Waals surface area (Å²) in [5.41, 5.74) is 1.03. The van der Waals surface area contributed by atoms with Gasteiger partial charge in [-0.25, -0.2) is 9.59 Å². The standard InChI is InChI=1S/C23H23F3N2O6/c24-23(25,26)34-19-11-7-17(8-12-19)27-22(33)28(18-9-5-16(6-10-18)21(31)32)13-14-1-3-15(4-2-14)20(29)30/h1-4,7-8,11-12,16,18H,5-6,9-10,13H2,(H,27,33)(H,29,30)(H,31,32). The largest absolute Gasteiger partial charge is 0.573 e. The number of amides is 2. The number of ether oxygens (including phenoxy) is 1. The molecule has 8 nitrogen and oxygen atoms in total. The summed E-state index contributed by atoms with van der Waals surface area (Å²) in [4.78, 5) is 37.0. The Morgan fingerprint density at radius 1 is 0.941 bits per heavy atom. The normalized spacial score (nSPS) is 18.1. The van der Waals surface area contributed by atoms with E-state index in [4.69, 9.17) is 5.11 Å². The first kappa shape index (κ1) is 24.9. The van der Waals surface area contributed by atoms with E-state index in [0.29, 0.717) is 31.2 Å². The molecule has 0 aliphatic heterocycles. The van der Waals surface area contributed by atoms with E-state index in [1.165, 1.54) is 29.2 Å². The highest BCUT2D eigenvalue weighted by Crippen LogP contribution is 2.30. The molecule has 0 unspecified atom stereocenters. The zero-order chi connectivity index (χ0) is 24.9. The Morgan fingerprint density at radius 3 is 2.03 bits per heavy atom. The van der Waals surface area contributed by atoms with E-state index in [2.05, 4.69) is 10.1 Å². The Kier molecular flexibility index (Phi) is 7.64. The van der Waals surface area contributed by atoms with Gasteiger partial charge < -0.3 is 25.2 Å².